The Morgan fingerprint density at radius 1 is 1.17 bits per heavy atom. The van der Waals surface area contributed by atoms with Gasteiger partial charge in [-0.15, -0.1) is 0 Å². The Balaban J connectivity index is 1.63. The Kier molecular flexibility index (Phi) is 5.48. The third-order valence-electron chi connectivity index (χ3n) is 4.18. The van der Waals surface area contributed by atoms with Crippen LogP contribution in [0.5, 0.6) is 0 Å². The predicted molar refractivity (Wildman–Crippen MR) is 98.1 cm³/mol. The van der Waals surface area contributed by atoms with E-state index >= 15 is 0 Å². The molecule has 2 atom stereocenters. The molecule has 2 heterocycles. The van der Waals surface area contributed by atoms with Crippen molar-refractivity contribution in [2.45, 2.75) is 17.9 Å². The van der Waals surface area contributed by atoms with Gasteiger partial charge in [0.15, 0.2) is 0 Å². The fourth-order valence-corrected chi connectivity index (χ4v) is 3.25. The minimum Gasteiger partial charge on any atom is -0.378 e. The fraction of sp³-hybridized carbons (Fsp3) is 0.389. The van der Waals surface area contributed by atoms with Crippen LogP contribution < -0.4 is 10.2 Å². The summed E-state index contributed by atoms with van der Waals surface area (Å²) in [5.41, 5.74) is 2.14. The highest BCUT2D eigenvalue weighted by molar-refractivity contribution is 7.84. The minimum atomic E-state index is -0.938. The zero-order chi connectivity index (χ0) is 16.9. The second-order valence-corrected chi connectivity index (χ2v) is 7.27. The summed E-state index contributed by atoms with van der Waals surface area (Å²) in [6.45, 7) is 5.41. The third-order valence-corrected chi connectivity index (χ3v) is 5.11. The molecular weight excluding hydrogens is 322 g/mol. The number of anilines is 2. The number of ether oxygens (including phenoxy) is 1. The lowest BCUT2D eigenvalue weighted by Crippen LogP contribution is -2.36. The van der Waals surface area contributed by atoms with Gasteiger partial charge in [-0.2, -0.15) is 0 Å². The van der Waals surface area contributed by atoms with Gasteiger partial charge in [0.25, 0.3) is 0 Å². The van der Waals surface area contributed by atoms with E-state index in [1.54, 1.807) is 6.26 Å². The van der Waals surface area contributed by atoms with Gasteiger partial charge >= 0.3 is 0 Å². The molecule has 0 bridgehead atoms. The van der Waals surface area contributed by atoms with Crippen LogP contribution in [0.25, 0.3) is 0 Å². The lowest BCUT2D eigenvalue weighted by molar-refractivity contribution is 0.122. The van der Waals surface area contributed by atoms with Crippen LogP contribution in [-0.2, 0) is 15.5 Å². The third kappa shape index (κ3) is 4.13. The van der Waals surface area contributed by atoms with Crippen molar-refractivity contribution >= 4 is 22.3 Å². The van der Waals surface area contributed by atoms with Crippen molar-refractivity contribution in [2.75, 3.05) is 42.8 Å². The molecule has 0 radical (unpaired) electrons. The Bertz CT molecular complexity index is 682. The summed E-state index contributed by atoms with van der Waals surface area (Å²) < 4.78 is 16.8. The molecule has 3 rings (SSSR count). The molecule has 1 fully saturated rings. The minimum absolute atomic E-state index is 0.153. The number of rotatable bonds is 5. The zero-order valence-corrected chi connectivity index (χ0v) is 14.9. The first kappa shape index (κ1) is 16.9. The van der Waals surface area contributed by atoms with Gasteiger partial charge in [0, 0.05) is 41.1 Å². The van der Waals surface area contributed by atoms with Gasteiger partial charge in [-0.05, 0) is 36.8 Å². The molecule has 1 aromatic carbocycles. The van der Waals surface area contributed by atoms with E-state index in [1.165, 1.54) is 0 Å². The van der Waals surface area contributed by atoms with Crippen molar-refractivity contribution in [1.82, 2.24) is 4.98 Å². The Hall–Kier alpha value is -1.92. The van der Waals surface area contributed by atoms with Crippen LogP contribution >= 0.6 is 0 Å². The maximum absolute atomic E-state index is 11.5. The maximum Gasteiger partial charge on any atom is 0.128 e. The lowest BCUT2D eigenvalue weighted by Gasteiger charge is -2.28. The van der Waals surface area contributed by atoms with Gasteiger partial charge in [0.1, 0.15) is 5.82 Å². The van der Waals surface area contributed by atoms with Gasteiger partial charge < -0.3 is 15.0 Å². The monoisotopic (exact) mass is 345 g/mol. The lowest BCUT2D eigenvalue weighted by atomic mass is 10.1. The van der Waals surface area contributed by atoms with Crippen molar-refractivity contribution in [3.05, 3.63) is 48.2 Å². The van der Waals surface area contributed by atoms with Gasteiger partial charge in [-0.1, -0.05) is 12.1 Å². The average molecular weight is 345 g/mol. The molecule has 0 unspecified atom stereocenters. The first-order valence-electron chi connectivity index (χ1n) is 8.12. The number of pyridine rings is 1. The summed E-state index contributed by atoms with van der Waals surface area (Å²) in [6, 6.07) is 12.1. The fourth-order valence-electron chi connectivity index (χ4n) is 2.73. The number of aromatic nitrogens is 1. The molecule has 1 N–H and O–H groups in total. The topological polar surface area (TPSA) is 54.5 Å². The molecule has 0 spiro atoms. The van der Waals surface area contributed by atoms with Crippen LogP contribution in [0, 0.1) is 0 Å². The number of hydrogen-bond acceptors (Lipinski definition) is 5. The van der Waals surface area contributed by atoms with Crippen molar-refractivity contribution in [1.29, 1.82) is 0 Å². The van der Waals surface area contributed by atoms with Crippen LogP contribution in [0.2, 0.25) is 0 Å². The summed E-state index contributed by atoms with van der Waals surface area (Å²) in [4.78, 5) is 7.64. The molecular formula is C18H23N3O2S. The molecule has 5 nitrogen and oxygen atoms in total. The van der Waals surface area contributed by atoms with E-state index in [0.717, 1.165) is 48.3 Å². The van der Waals surface area contributed by atoms with Gasteiger partial charge in [0.2, 0.25) is 0 Å². The highest BCUT2D eigenvalue weighted by Crippen LogP contribution is 2.21. The van der Waals surface area contributed by atoms with Gasteiger partial charge in [-0.3, -0.25) is 4.21 Å². The number of hydrogen-bond donors (Lipinski definition) is 1. The summed E-state index contributed by atoms with van der Waals surface area (Å²) in [7, 11) is -0.938. The zero-order valence-electron chi connectivity index (χ0n) is 14.1. The molecule has 1 aliphatic heterocycles. The van der Waals surface area contributed by atoms with E-state index in [4.69, 9.17) is 4.74 Å². The summed E-state index contributed by atoms with van der Waals surface area (Å²) in [6.07, 6.45) is 3.56. The highest BCUT2D eigenvalue weighted by atomic mass is 32.2. The van der Waals surface area contributed by atoms with Crippen LogP contribution in [0.15, 0.2) is 47.5 Å². The van der Waals surface area contributed by atoms with E-state index in [9.17, 15) is 4.21 Å². The Morgan fingerprint density at radius 3 is 2.46 bits per heavy atom. The number of benzene rings is 1. The average Bonchev–Trinajstić information content (AvgIpc) is 2.63. The normalized spacial score (nSPS) is 17.3. The van der Waals surface area contributed by atoms with Crippen molar-refractivity contribution < 1.29 is 8.95 Å². The number of nitrogens with zero attached hydrogens (tertiary/aromatic N) is 2. The van der Waals surface area contributed by atoms with Crippen molar-refractivity contribution in [2.24, 2.45) is 0 Å². The second kappa shape index (κ2) is 7.77. The number of morpholine rings is 1. The van der Waals surface area contributed by atoms with Crippen LogP contribution in [0.1, 0.15) is 18.5 Å². The van der Waals surface area contributed by atoms with Crippen molar-refractivity contribution in [3.63, 3.8) is 0 Å². The van der Waals surface area contributed by atoms with E-state index < -0.39 is 10.8 Å². The van der Waals surface area contributed by atoms with Gasteiger partial charge in [0.05, 0.1) is 25.1 Å². The molecule has 1 aliphatic rings. The Morgan fingerprint density at radius 2 is 1.88 bits per heavy atom. The molecule has 24 heavy (non-hydrogen) atoms. The maximum atomic E-state index is 11.5. The molecule has 0 saturated carbocycles. The second-order valence-electron chi connectivity index (χ2n) is 5.89. The first-order chi connectivity index (χ1) is 11.6. The van der Waals surface area contributed by atoms with E-state index in [1.807, 2.05) is 36.5 Å². The standard InChI is InChI=1S/C18H23N3O2S/c1-14(15-3-6-17(7-4-15)24(2)22)20-16-5-8-18(19-13-16)21-9-11-23-12-10-21/h3-8,13-14,20H,9-12H2,1-2H3/t14-,24-/m1/s1. The van der Waals surface area contributed by atoms with E-state index in [0.29, 0.717) is 0 Å². The largest absolute Gasteiger partial charge is 0.378 e. The summed E-state index contributed by atoms with van der Waals surface area (Å²) in [5, 5.41) is 3.46. The smallest absolute Gasteiger partial charge is 0.128 e. The molecule has 2 aromatic rings. The summed E-state index contributed by atoms with van der Waals surface area (Å²) in [5.74, 6) is 0.992. The quantitative estimate of drug-likeness (QED) is 0.903. The molecule has 1 aromatic heterocycles. The van der Waals surface area contributed by atoms with Gasteiger partial charge in [-0.25, -0.2) is 4.98 Å². The van der Waals surface area contributed by atoms with E-state index in [2.05, 4.69) is 28.2 Å². The SMILES string of the molecule is C[C@@H](Nc1ccc(N2CCOCC2)nc1)c1ccc([S@@](C)=O)cc1. The van der Waals surface area contributed by atoms with Crippen LogP contribution in [0.3, 0.4) is 0 Å². The first-order valence-corrected chi connectivity index (χ1v) is 9.68. The van der Waals surface area contributed by atoms with Crippen LogP contribution in [0.4, 0.5) is 11.5 Å². The molecule has 128 valence electrons. The van der Waals surface area contributed by atoms with Crippen molar-refractivity contribution in [3.8, 4) is 0 Å². The molecule has 6 heteroatoms. The molecule has 0 aliphatic carbocycles. The number of nitrogens with one attached hydrogen (secondary N) is 1. The predicted octanol–water partition coefficient (Wildman–Crippen LogP) is 2.83. The molecule has 1 saturated heterocycles. The molecule has 0 amide bonds. The summed E-state index contributed by atoms with van der Waals surface area (Å²) >= 11 is 0. The van der Waals surface area contributed by atoms with Crippen LogP contribution in [-0.4, -0.2) is 41.8 Å². The highest BCUT2D eigenvalue weighted by Gasteiger charge is 2.12. The van der Waals surface area contributed by atoms with E-state index in [-0.39, 0.29) is 6.04 Å². The Labute approximate surface area is 145 Å².